The summed E-state index contributed by atoms with van der Waals surface area (Å²) >= 11 is 0. The molecule has 5 nitrogen and oxygen atoms in total. The number of carbonyl (C=O) groups excluding carboxylic acids is 1. The molecular weight excluding hydrogens is 246 g/mol. The van der Waals surface area contributed by atoms with Crippen LogP contribution in [0.15, 0.2) is 24.3 Å². The standard InChI is InChI=1S/C14H19NO4/c1-3-15(9-10(2)14(18)19)13(17)8-11-5-4-6-12(16)7-11/h4-7,10,16H,3,8-9H2,1-2H3,(H,18,19). The average molecular weight is 265 g/mol. The zero-order valence-electron chi connectivity index (χ0n) is 11.2. The molecular formula is C14H19NO4. The lowest BCUT2D eigenvalue weighted by Crippen LogP contribution is -2.37. The minimum atomic E-state index is -0.913. The first-order valence-corrected chi connectivity index (χ1v) is 6.22. The van der Waals surface area contributed by atoms with E-state index in [1.54, 1.807) is 19.1 Å². The quantitative estimate of drug-likeness (QED) is 0.817. The zero-order valence-corrected chi connectivity index (χ0v) is 11.2. The zero-order chi connectivity index (χ0) is 14.4. The molecule has 2 N–H and O–H groups in total. The van der Waals surface area contributed by atoms with Crippen LogP contribution in [0, 0.1) is 5.92 Å². The van der Waals surface area contributed by atoms with Gasteiger partial charge in [0.25, 0.3) is 0 Å². The number of phenolic OH excluding ortho intramolecular Hbond substituents is 1. The van der Waals surface area contributed by atoms with Crippen LogP contribution in [0.25, 0.3) is 0 Å². The number of likely N-dealkylation sites (N-methyl/N-ethyl adjacent to an activating group) is 1. The Hall–Kier alpha value is -2.04. The molecule has 0 fully saturated rings. The Morgan fingerprint density at radius 1 is 1.37 bits per heavy atom. The molecule has 0 aliphatic rings. The molecule has 1 aromatic carbocycles. The van der Waals surface area contributed by atoms with Gasteiger partial charge in [0, 0.05) is 13.1 Å². The van der Waals surface area contributed by atoms with Gasteiger partial charge in [0.15, 0.2) is 0 Å². The number of carboxylic acids is 1. The van der Waals surface area contributed by atoms with E-state index in [9.17, 15) is 14.7 Å². The second-order valence-electron chi connectivity index (χ2n) is 4.52. The molecule has 0 saturated carbocycles. The number of hydrogen-bond donors (Lipinski definition) is 2. The fourth-order valence-corrected chi connectivity index (χ4v) is 1.77. The first-order valence-electron chi connectivity index (χ1n) is 6.22. The molecule has 0 saturated heterocycles. The highest BCUT2D eigenvalue weighted by Gasteiger charge is 2.19. The molecule has 1 atom stereocenters. The van der Waals surface area contributed by atoms with E-state index in [1.807, 2.05) is 6.92 Å². The highest BCUT2D eigenvalue weighted by Crippen LogP contribution is 2.12. The summed E-state index contributed by atoms with van der Waals surface area (Å²) in [5.41, 5.74) is 0.714. The molecule has 0 aliphatic heterocycles. The van der Waals surface area contributed by atoms with Gasteiger partial charge >= 0.3 is 5.97 Å². The van der Waals surface area contributed by atoms with Gasteiger partial charge in [-0.2, -0.15) is 0 Å². The Morgan fingerprint density at radius 3 is 2.58 bits per heavy atom. The lowest BCUT2D eigenvalue weighted by atomic mass is 10.1. The van der Waals surface area contributed by atoms with Gasteiger partial charge in [-0.3, -0.25) is 9.59 Å². The highest BCUT2D eigenvalue weighted by molar-refractivity contribution is 5.79. The van der Waals surface area contributed by atoms with Gasteiger partial charge in [0.05, 0.1) is 12.3 Å². The number of rotatable bonds is 6. The Balaban J connectivity index is 2.66. The second kappa shape index (κ2) is 6.78. The van der Waals surface area contributed by atoms with E-state index < -0.39 is 11.9 Å². The topological polar surface area (TPSA) is 77.8 Å². The van der Waals surface area contributed by atoms with Crippen LogP contribution in [0.1, 0.15) is 19.4 Å². The monoisotopic (exact) mass is 265 g/mol. The molecule has 104 valence electrons. The van der Waals surface area contributed by atoms with E-state index in [0.29, 0.717) is 12.1 Å². The molecule has 0 aromatic heterocycles. The maximum absolute atomic E-state index is 12.1. The van der Waals surface area contributed by atoms with Crippen LogP contribution in [0.4, 0.5) is 0 Å². The molecule has 1 amide bonds. The summed E-state index contributed by atoms with van der Waals surface area (Å²) in [6, 6.07) is 6.50. The van der Waals surface area contributed by atoms with Crippen molar-refractivity contribution in [3.05, 3.63) is 29.8 Å². The lowest BCUT2D eigenvalue weighted by Gasteiger charge is -2.23. The van der Waals surface area contributed by atoms with Crippen LogP contribution in [-0.2, 0) is 16.0 Å². The molecule has 19 heavy (non-hydrogen) atoms. The largest absolute Gasteiger partial charge is 0.508 e. The summed E-state index contributed by atoms with van der Waals surface area (Å²) in [5, 5.41) is 18.2. The molecule has 0 aliphatic carbocycles. The lowest BCUT2D eigenvalue weighted by molar-refractivity contribution is -0.142. The van der Waals surface area contributed by atoms with Gasteiger partial charge < -0.3 is 15.1 Å². The van der Waals surface area contributed by atoms with Crippen LogP contribution >= 0.6 is 0 Å². The summed E-state index contributed by atoms with van der Waals surface area (Å²) in [7, 11) is 0. The van der Waals surface area contributed by atoms with Gasteiger partial charge in [-0.25, -0.2) is 0 Å². The molecule has 0 spiro atoms. The number of amides is 1. The number of carbonyl (C=O) groups is 2. The molecule has 0 radical (unpaired) electrons. The number of aliphatic carboxylic acids is 1. The third kappa shape index (κ3) is 4.62. The van der Waals surface area contributed by atoms with Crippen LogP contribution in [0.3, 0.4) is 0 Å². The van der Waals surface area contributed by atoms with Crippen molar-refractivity contribution < 1.29 is 19.8 Å². The van der Waals surface area contributed by atoms with Gasteiger partial charge in [0.2, 0.25) is 5.91 Å². The van der Waals surface area contributed by atoms with Crippen LogP contribution < -0.4 is 0 Å². The van der Waals surface area contributed by atoms with Crippen molar-refractivity contribution in [3.63, 3.8) is 0 Å². The van der Waals surface area contributed by atoms with Crippen molar-refractivity contribution in [1.82, 2.24) is 4.90 Å². The Bertz CT molecular complexity index is 459. The molecule has 1 rings (SSSR count). The normalized spacial score (nSPS) is 11.9. The van der Waals surface area contributed by atoms with E-state index in [4.69, 9.17) is 5.11 Å². The van der Waals surface area contributed by atoms with Gasteiger partial charge in [0.1, 0.15) is 5.75 Å². The molecule has 5 heteroatoms. The van der Waals surface area contributed by atoms with E-state index in [2.05, 4.69) is 0 Å². The number of carboxylic acid groups (broad SMARTS) is 1. The van der Waals surface area contributed by atoms with Crippen molar-refractivity contribution in [2.24, 2.45) is 5.92 Å². The van der Waals surface area contributed by atoms with Crippen molar-refractivity contribution in [1.29, 1.82) is 0 Å². The van der Waals surface area contributed by atoms with E-state index in [-0.39, 0.29) is 24.6 Å². The summed E-state index contributed by atoms with van der Waals surface area (Å²) in [4.78, 5) is 24.4. The van der Waals surface area contributed by atoms with Crippen LogP contribution in [0.2, 0.25) is 0 Å². The van der Waals surface area contributed by atoms with E-state index in [0.717, 1.165) is 0 Å². The first kappa shape index (κ1) is 15.0. The number of aromatic hydroxyl groups is 1. The van der Waals surface area contributed by atoms with Gasteiger partial charge in [-0.05, 0) is 24.6 Å². The number of benzene rings is 1. The minimum Gasteiger partial charge on any atom is -0.508 e. The Kier molecular flexibility index (Phi) is 5.36. The summed E-state index contributed by atoms with van der Waals surface area (Å²) in [6.45, 7) is 4.06. The van der Waals surface area contributed by atoms with Crippen LogP contribution in [0.5, 0.6) is 5.75 Å². The van der Waals surface area contributed by atoms with Crippen molar-refractivity contribution in [3.8, 4) is 5.75 Å². The fraction of sp³-hybridized carbons (Fsp3) is 0.429. The highest BCUT2D eigenvalue weighted by atomic mass is 16.4. The SMILES string of the molecule is CCN(CC(C)C(=O)O)C(=O)Cc1cccc(O)c1. The van der Waals surface area contributed by atoms with Crippen LogP contribution in [-0.4, -0.2) is 40.1 Å². The van der Waals surface area contributed by atoms with E-state index in [1.165, 1.54) is 17.0 Å². The number of hydrogen-bond acceptors (Lipinski definition) is 3. The van der Waals surface area contributed by atoms with Gasteiger partial charge in [-0.1, -0.05) is 19.1 Å². The smallest absolute Gasteiger partial charge is 0.308 e. The molecule has 0 bridgehead atoms. The number of phenols is 1. The predicted molar refractivity (Wildman–Crippen MR) is 70.9 cm³/mol. The third-order valence-electron chi connectivity index (χ3n) is 2.92. The summed E-state index contributed by atoms with van der Waals surface area (Å²) < 4.78 is 0. The molecule has 1 unspecified atom stereocenters. The predicted octanol–water partition coefficient (Wildman–Crippen LogP) is 1.50. The summed E-state index contributed by atoms with van der Waals surface area (Å²) in [6.07, 6.45) is 0.161. The maximum atomic E-state index is 12.1. The minimum absolute atomic E-state index is 0.118. The van der Waals surface area contributed by atoms with Crippen molar-refractivity contribution in [2.45, 2.75) is 20.3 Å². The molecule has 0 heterocycles. The van der Waals surface area contributed by atoms with Gasteiger partial charge in [-0.15, -0.1) is 0 Å². The maximum Gasteiger partial charge on any atom is 0.308 e. The van der Waals surface area contributed by atoms with Crippen molar-refractivity contribution in [2.75, 3.05) is 13.1 Å². The number of nitrogens with zero attached hydrogens (tertiary/aromatic N) is 1. The summed E-state index contributed by atoms with van der Waals surface area (Å²) in [5.74, 6) is -1.52. The fourth-order valence-electron chi connectivity index (χ4n) is 1.77. The second-order valence-corrected chi connectivity index (χ2v) is 4.52. The third-order valence-corrected chi connectivity index (χ3v) is 2.92. The Labute approximate surface area is 112 Å². The first-order chi connectivity index (χ1) is 8.93. The van der Waals surface area contributed by atoms with Crippen molar-refractivity contribution >= 4 is 11.9 Å². The Morgan fingerprint density at radius 2 is 2.05 bits per heavy atom. The van der Waals surface area contributed by atoms with E-state index >= 15 is 0 Å². The average Bonchev–Trinajstić information content (AvgIpc) is 2.35. The molecule has 1 aromatic rings.